The number of barbiturate groups is 1. The monoisotopic (exact) mass is 586 g/mol. The minimum absolute atomic E-state index is 0.122. The van der Waals surface area contributed by atoms with E-state index >= 15 is 0 Å². The molecule has 0 atom stereocenters. The molecule has 186 valence electrons. The number of anilines is 1. The molecule has 0 aromatic heterocycles. The zero-order valence-electron chi connectivity index (χ0n) is 18.2. The van der Waals surface area contributed by atoms with Gasteiger partial charge in [-0.3, -0.25) is 35.1 Å². The summed E-state index contributed by atoms with van der Waals surface area (Å²) in [5, 5.41) is 24.8. The Balaban J connectivity index is 1.63. The van der Waals surface area contributed by atoms with Gasteiger partial charge < -0.3 is 4.74 Å². The lowest BCUT2D eigenvalue weighted by Gasteiger charge is -2.26. The van der Waals surface area contributed by atoms with Crippen molar-refractivity contribution < 1.29 is 29.0 Å². The maximum Gasteiger partial charge on any atom is 0.335 e. The molecule has 1 saturated heterocycles. The molecule has 4 rings (SSSR count). The number of amides is 4. The second kappa shape index (κ2) is 10.2. The minimum atomic E-state index is -0.913. The van der Waals surface area contributed by atoms with Gasteiger partial charge in [-0.25, -0.2) is 9.69 Å². The van der Waals surface area contributed by atoms with Crippen LogP contribution in [0.1, 0.15) is 5.56 Å². The summed E-state index contributed by atoms with van der Waals surface area (Å²) in [5.41, 5.74) is -0.826. The third-order valence-electron chi connectivity index (χ3n) is 5.02. The van der Waals surface area contributed by atoms with Crippen molar-refractivity contribution in [3.05, 3.63) is 102 Å². The number of nitrogens with zero attached hydrogens (tertiary/aromatic N) is 3. The van der Waals surface area contributed by atoms with E-state index in [9.17, 15) is 34.6 Å². The lowest BCUT2D eigenvalue weighted by Crippen LogP contribution is -2.54. The van der Waals surface area contributed by atoms with E-state index in [-0.39, 0.29) is 22.8 Å². The highest BCUT2D eigenvalue weighted by molar-refractivity contribution is 9.10. The highest BCUT2D eigenvalue weighted by Crippen LogP contribution is 2.37. The van der Waals surface area contributed by atoms with Crippen molar-refractivity contribution in [1.82, 2.24) is 5.32 Å². The van der Waals surface area contributed by atoms with Gasteiger partial charge in [-0.1, -0.05) is 17.7 Å². The molecule has 3 aromatic carbocycles. The summed E-state index contributed by atoms with van der Waals surface area (Å²) >= 11 is 9.13. The van der Waals surface area contributed by atoms with Gasteiger partial charge in [0.2, 0.25) is 5.75 Å². The first-order valence-corrected chi connectivity index (χ1v) is 11.3. The van der Waals surface area contributed by atoms with Gasteiger partial charge in [0.05, 0.1) is 26.1 Å². The van der Waals surface area contributed by atoms with Crippen LogP contribution in [0.2, 0.25) is 5.02 Å². The Morgan fingerprint density at radius 1 is 0.919 bits per heavy atom. The highest BCUT2D eigenvalue weighted by atomic mass is 79.9. The van der Waals surface area contributed by atoms with Crippen LogP contribution in [0.15, 0.2) is 70.7 Å². The third-order valence-corrected chi connectivity index (χ3v) is 5.90. The molecule has 1 aliphatic rings. The predicted octanol–water partition coefficient (Wildman–Crippen LogP) is 5.38. The molecule has 1 heterocycles. The molecule has 4 amide bonds. The van der Waals surface area contributed by atoms with Crippen molar-refractivity contribution >= 4 is 68.5 Å². The summed E-state index contributed by atoms with van der Waals surface area (Å²) < 4.78 is 5.88. The third kappa shape index (κ3) is 5.32. The number of imide groups is 2. The van der Waals surface area contributed by atoms with Crippen molar-refractivity contribution in [1.29, 1.82) is 0 Å². The Labute approximate surface area is 220 Å². The smallest absolute Gasteiger partial charge is 0.335 e. The number of rotatable bonds is 6. The molecule has 0 bridgehead atoms. The minimum Gasteiger partial charge on any atom is -0.449 e. The number of non-ortho nitro benzene ring substituents is 1. The maximum atomic E-state index is 13.0. The van der Waals surface area contributed by atoms with Crippen LogP contribution in [0.25, 0.3) is 6.08 Å². The van der Waals surface area contributed by atoms with Gasteiger partial charge in [-0.05, 0) is 70.0 Å². The molecule has 0 aliphatic carbocycles. The second-order valence-electron chi connectivity index (χ2n) is 7.39. The Bertz CT molecular complexity index is 1520. The van der Waals surface area contributed by atoms with Crippen molar-refractivity contribution in [3.8, 4) is 11.5 Å². The summed E-state index contributed by atoms with van der Waals surface area (Å²) in [4.78, 5) is 59.2. The van der Waals surface area contributed by atoms with Crippen LogP contribution in [-0.2, 0) is 9.59 Å². The lowest BCUT2D eigenvalue weighted by atomic mass is 10.1. The fourth-order valence-electron chi connectivity index (χ4n) is 3.31. The zero-order valence-corrected chi connectivity index (χ0v) is 20.6. The molecule has 0 unspecified atom stereocenters. The molecular weight excluding hydrogens is 576 g/mol. The number of hydrogen-bond donors (Lipinski definition) is 1. The number of nitro benzene ring substituents is 2. The molecule has 1 fully saturated rings. The lowest BCUT2D eigenvalue weighted by molar-refractivity contribution is -0.394. The maximum absolute atomic E-state index is 13.0. The van der Waals surface area contributed by atoms with Gasteiger partial charge in [0, 0.05) is 11.1 Å². The van der Waals surface area contributed by atoms with Gasteiger partial charge in [-0.15, -0.1) is 0 Å². The van der Waals surface area contributed by atoms with Crippen LogP contribution in [0.3, 0.4) is 0 Å². The Hall–Kier alpha value is -4.62. The molecule has 1 aliphatic heterocycles. The normalized spacial score (nSPS) is 14.5. The van der Waals surface area contributed by atoms with Crippen LogP contribution >= 0.6 is 27.5 Å². The van der Waals surface area contributed by atoms with Gasteiger partial charge in [0.25, 0.3) is 17.5 Å². The Morgan fingerprint density at radius 3 is 2.22 bits per heavy atom. The summed E-state index contributed by atoms with van der Waals surface area (Å²) in [6.45, 7) is 0. The van der Waals surface area contributed by atoms with Gasteiger partial charge in [0.1, 0.15) is 11.3 Å². The van der Waals surface area contributed by atoms with Crippen molar-refractivity contribution in [3.63, 3.8) is 0 Å². The van der Waals surface area contributed by atoms with Crippen LogP contribution in [0, 0.1) is 20.2 Å². The first kappa shape index (κ1) is 25.5. The summed E-state index contributed by atoms with van der Waals surface area (Å²) in [6.07, 6.45) is 1.26. The van der Waals surface area contributed by atoms with Gasteiger partial charge in [-0.2, -0.15) is 0 Å². The quantitative estimate of drug-likeness (QED) is 0.174. The molecule has 1 N–H and O–H groups in total. The first-order valence-electron chi connectivity index (χ1n) is 10.1. The molecule has 37 heavy (non-hydrogen) atoms. The second-order valence-corrected chi connectivity index (χ2v) is 8.68. The average molecular weight is 588 g/mol. The summed E-state index contributed by atoms with van der Waals surface area (Å²) in [6, 6.07) is 12.3. The zero-order chi connectivity index (χ0) is 26.9. The number of carbonyl (C=O) groups is 3. The van der Waals surface area contributed by atoms with E-state index in [1.165, 1.54) is 48.5 Å². The Kier molecular flexibility index (Phi) is 7.00. The van der Waals surface area contributed by atoms with Crippen LogP contribution in [0.5, 0.6) is 11.5 Å². The number of carbonyl (C=O) groups excluding carboxylic acids is 3. The van der Waals surface area contributed by atoms with E-state index in [1.54, 1.807) is 0 Å². The summed E-state index contributed by atoms with van der Waals surface area (Å²) in [5.74, 6) is -1.86. The molecule has 0 spiro atoms. The van der Waals surface area contributed by atoms with E-state index in [2.05, 4.69) is 21.2 Å². The molecule has 0 saturated carbocycles. The molecule has 3 aromatic rings. The van der Waals surface area contributed by atoms with E-state index in [1.807, 2.05) is 0 Å². The number of hydrogen-bond acceptors (Lipinski definition) is 8. The number of nitrogens with one attached hydrogen (secondary N) is 1. The number of halogens is 2. The van der Waals surface area contributed by atoms with Crippen molar-refractivity contribution in [2.24, 2.45) is 0 Å². The highest BCUT2D eigenvalue weighted by Gasteiger charge is 2.36. The van der Waals surface area contributed by atoms with Crippen LogP contribution < -0.4 is 15.0 Å². The van der Waals surface area contributed by atoms with Crippen LogP contribution in [-0.4, -0.2) is 27.7 Å². The predicted molar refractivity (Wildman–Crippen MR) is 134 cm³/mol. The standard InChI is InChI=1S/C23H12BrClN4O8/c24-17-10-12(1-7-19(17)37-20-8-6-15(28(33)34)11-18(20)29(35)36)9-16-21(30)26-23(32)27(22(16)31)14-4-2-13(25)3-5-14/h1-11H,(H,26,30,32)/b16-9+. The van der Waals surface area contributed by atoms with E-state index in [0.717, 1.165) is 23.1 Å². The SMILES string of the molecule is O=C1NC(=O)N(c2ccc(Cl)cc2)C(=O)/C1=C/c1ccc(Oc2ccc([N+](=O)[O-])cc2[N+](=O)[O-])c(Br)c1. The Morgan fingerprint density at radius 2 is 1.59 bits per heavy atom. The van der Waals surface area contributed by atoms with Crippen molar-refractivity contribution in [2.45, 2.75) is 0 Å². The fourth-order valence-corrected chi connectivity index (χ4v) is 3.91. The fraction of sp³-hybridized carbons (Fsp3) is 0. The number of urea groups is 1. The first-order chi connectivity index (χ1) is 17.5. The largest absolute Gasteiger partial charge is 0.449 e. The van der Waals surface area contributed by atoms with E-state index in [4.69, 9.17) is 16.3 Å². The number of benzene rings is 3. The molecule has 0 radical (unpaired) electrons. The summed E-state index contributed by atoms with van der Waals surface area (Å²) in [7, 11) is 0. The number of ether oxygens (including phenoxy) is 1. The topological polar surface area (TPSA) is 162 Å². The average Bonchev–Trinajstić information content (AvgIpc) is 2.84. The van der Waals surface area contributed by atoms with E-state index in [0.29, 0.717) is 15.1 Å². The van der Waals surface area contributed by atoms with Crippen LogP contribution in [0.4, 0.5) is 21.9 Å². The molecule has 12 nitrogen and oxygen atoms in total. The number of nitro groups is 2. The molecule has 14 heteroatoms. The molecular formula is C23H12BrClN4O8. The van der Waals surface area contributed by atoms with E-state index < -0.39 is 39.1 Å². The van der Waals surface area contributed by atoms with Crippen molar-refractivity contribution in [2.75, 3.05) is 4.90 Å². The van der Waals surface area contributed by atoms with Gasteiger partial charge >= 0.3 is 11.7 Å². The van der Waals surface area contributed by atoms with Gasteiger partial charge in [0.15, 0.2) is 0 Å².